The Hall–Kier alpha value is -1.41. The van der Waals surface area contributed by atoms with Gasteiger partial charge >= 0.3 is 6.18 Å². The van der Waals surface area contributed by atoms with Crippen LogP contribution in [0.5, 0.6) is 0 Å². The van der Waals surface area contributed by atoms with Crippen molar-refractivity contribution in [2.24, 2.45) is 5.92 Å². The molecule has 178 valence electrons. The highest BCUT2D eigenvalue weighted by molar-refractivity contribution is 7.89. The first-order chi connectivity index (χ1) is 15.0. The Morgan fingerprint density at radius 2 is 1.94 bits per heavy atom. The molecule has 1 aliphatic rings. The molecule has 0 amide bonds. The Morgan fingerprint density at radius 1 is 1.25 bits per heavy atom. The number of alkyl halides is 3. The molecule has 0 saturated carbocycles. The van der Waals surface area contributed by atoms with E-state index in [1.807, 2.05) is 12.3 Å². The fourth-order valence-electron chi connectivity index (χ4n) is 3.58. The summed E-state index contributed by atoms with van der Waals surface area (Å²) in [5.41, 5.74) is 1.50. The van der Waals surface area contributed by atoms with Gasteiger partial charge in [0.2, 0.25) is 10.0 Å². The van der Waals surface area contributed by atoms with Crippen molar-refractivity contribution in [3.05, 3.63) is 21.1 Å². The van der Waals surface area contributed by atoms with E-state index in [-0.39, 0.29) is 37.8 Å². The van der Waals surface area contributed by atoms with Crippen molar-refractivity contribution in [1.29, 1.82) is 0 Å². The topological polar surface area (TPSA) is 100 Å². The molecule has 0 unspecified atom stereocenters. The Bertz CT molecular complexity index is 1040. The second kappa shape index (κ2) is 10.2. The summed E-state index contributed by atoms with van der Waals surface area (Å²) in [6.07, 6.45) is -4.49. The average molecular weight is 512 g/mol. The number of halogens is 3. The molecule has 13 heteroatoms. The number of aliphatic hydroxyl groups is 1. The predicted octanol–water partition coefficient (Wildman–Crippen LogP) is 3.56. The molecule has 1 saturated heterocycles. The normalized spacial score (nSPS) is 16.5. The van der Waals surface area contributed by atoms with Crippen LogP contribution in [0.25, 0.3) is 10.6 Å². The highest BCUT2D eigenvalue weighted by Gasteiger charge is 2.34. The number of nitrogens with zero attached hydrogens (tertiary/aromatic N) is 3. The molecule has 3 heterocycles. The highest BCUT2D eigenvalue weighted by Crippen LogP contribution is 2.31. The molecule has 0 aliphatic carbocycles. The summed E-state index contributed by atoms with van der Waals surface area (Å²) in [6, 6.07) is 0. The third kappa shape index (κ3) is 6.80. The largest absolute Gasteiger partial charge is 0.390 e. The first-order valence-corrected chi connectivity index (χ1v) is 13.4. The van der Waals surface area contributed by atoms with Gasteiger partial charge in [-0.3, -0.25) is 4.79 Å². The van der Waals surface area contributed by atoms with Crippen LogP contribution in [-0.4, -0.2) is 58.6 Å². The van der Waals surface area contributed by atoms with Crippen molar-refractivity contribution in [1.82, 2.24) is 14.3 Å². The second-order valence-electron chi connectivity index (χ2n) is 7.75. The number of hydrogen-bond donors (Lipinski definition) is 1. The van der Waals surface area contributed by atoms with E-state index in [0.717, 1.165) is 20.6 Å². The molecule has 0 spiro atoms. The van der Waals surface area contributed by atoms with Crippen LogP contribution in [-0.2, 0) is 27.8 Å². The van der Waals surface area contributed by atoms with Gasteiger partial charge in [-0.25, -0.2) is 22.7 Å². The summed E-state index contributed by atoms with van der Waals surface area (Å²) < 4.78 is 62.3. The standard InChI is InChI=1S/C19H24F3N3O4S3/c1-12-18(31-17(10-26)23-12)15-11-30-16(24-15)9-14(27)8-13-2-5-25(6-3-13)32(28,29)7-4-19(20,21)22/h11,13,26H,2-10H2,1H3. The number of thiazole rings is 2. The van der Waals surface area contributed by atoms with Crippen molar-refractivity contribution in [3.63, 3.8) is 0 Å². The zero-order chi connectivity index (χ0) is 23.5. The van der Waals surface area contributed by atoms with E-state index < -0.39 is 28.4 Å². The van der Waals surface area contributed by atoms with Gasteiger partial charge in [-0.15, -0.1) is 22.7 Å². The summed E-state index contributed by atoms with van der Waals surface area (Å²) in [5.74, 6) is -0.931. The van der Waals surface area contributed by atoms with E-state index in [4.69, 9.17) is 0 Å². The summed E-state index contributed by atoms with van der Waals surface area (Å²) >= 11 is 2.74. The Labute approximate surface area is 192 Å². The van der Waals surface area contributed by atoms with E-state index in [1.165, 1.54) is 22.7 Å². The zero-order valence-corrected chi connectivity index (χ0v) is 19.8. The molecule has 32 heavy (non-hydrogen) atoms. The summed E-state index contributed by atoms with van der Waals surface area (Å²) in [5, 5.41) is 12.4. The number of Topliss-reactive ketones (excluding diaryl/α,β-unsaturated/α-hetero) is 1. The van der Waals surface area contributed by atoms with Gasteiger partial charge in [0, 0.05) is 24.9 Å². The molecule has 0 atom stereocenters. The minimum absolute atomic E-state index is 0.00125. The van der Waals surface area contributed by atoms with Gasteiger partial charge in [-0.05, 0) is 25.7 Å². The Morgan fingerprint density at radius 3 is 2.53 bits per heavy atom. The molecule has 1 aliphatic heterocycles. The fourth-order valence-corrected chi connectivity index (χ4v) is 6.87. The van der Waals surface area contributed by atoms with E-state index in [9.17, 15) is 31.5 Å². The van der Waals surface area contributed by atoms with E-state index in [1.54, 1.807) is 0 Å². The number of piperidine rings is 1. The smallest absolute Gasteiger partial charge is 0.389 e. The van der Waals surface area contributed by atoms with Crippen LogP contribution in [0.2, 0.25) is 0 Å². The molecule has 0 bridgehead atoms. The first kappa shape index (κ1) is 25.2. The minimum Gasteiger partial charge on any atom is -0.389 e. The molecule has 2 aromatic rings. The monoisotopic (exact) mass is 511 g/mol. The lowest BCUT2D eigenvalue weighted by molar-refractivity contribution is -0.130. The number of sulfonamides is 1. The van der Waals surface area contributed by atoms with Crippen molar-refractivity contribution < 1.29 is 31.5 Å². The molecule has 0 aromatic carbocycles. The quantitative estimate of drug-likeness (QED) is 0.553. The van der Waals surface area contributed by atoms with Gasteiger partial charge in [-0.1, -0.05) is 0 Å². The Balaban J connectivity index is 1.49. The molecule has 7 nitrogen and oxygen atoms in total. The maximum absolute atomic E-state index is 12.5. The lowest BCUT2D eigenvalue weighted by atomic mass is 9.92. The number of aromatic nitrogens is 2. The number of carbonyl (C=O) groups is 1. The molecular weight excluding hydrogens is 487 g/mol. The van der Waals surface area contributed by atoms with Gasteiger partial charge in [0.05, 0.1) is 41.5 Å². The van der Waals surface area contributed by atoms with Crippen LogP contribution >= 0.6 is 22.7 Å². The van der Waals surface area contributed by atoms with E-state index >= 15 is 0 Å². The third-order valence-electron chi connectivity index (χ3n) is 5.24. The van der Waals surface area contributed by atoms with Gasteiger partial charge in [0.1, 0.15) is 15.8 Å². The number of ketones is 1. The highest BCUT2D eigenvalue weighted by atomic mass is 32.2. The summed E-state index contributed by atoms with van der Waals surface area (Å²) in [7, 11) is -3.94. The number of aryl methyl sites for hydroxylation is 1. The van der Waals surface area contributed by atoms with Gasteiger partial charge < -0.3 is 5.11 Å². The SMILES string of the molecule is Cc1nc(CO)sc1-c1csc(CC(=O)CC2CCN(S(=O)(=O)CCC(F)(F)F)CC2)n1. The number of aliphatic hydroxyl groups excluding tert-OH is 1. The van der Waals surface area contributed by atoms with Crippen LogP contribution < -0.4 is 0 Å². The Kier molecular flexibility index (Phi) is 8.07. The summed E-state index contributed by atoms with van der Waals surface area (Å²) in [4.78, 5) is 22.1. The van der Waals surface area contributed by atoms with E-state index in [2.05, 4.69) is 9.97 Å². The molecule has 1 N–H and O–H groups in total. The molecule has 2 aromatic heterocycles. The number of rotatable bonds is 9. The second-order valence-corrected chi connectivity index (χ2v) is 11.9. The van der Waals surface area contributed by atoms with Crippen molar-refractivity contribution in [2.75, 3.05) is 18.8 Å². The lowest BCUT2D eigenvalue weighted by Crippen LogP contribution is -2.40. The lowest BCUT2D eigenvalue weighted by Gasteiger charge is -2.31. The van der Waals surface area contributed by atoms with Crippen LogP contribution in [0.15, 0.2) is 5.38 Å². The predicted molar refractivity (Wildman–Crippen MR) is 116 cm³/mol. The van der Waals surface area contributed by atoms with Gasteiger partial charge in [0.25, 0.3) is 0 Å². The number of carbonyl (C=O) groups excluding carboxylic acids is 1. The van der Waals surface area contributed by atoms with E-state index in [0.29, 0.717) is 29.3 Å². The van der Waals surface area contributed by atoms with Crippen molar-refractivity contribution in [3.8, 4) is 10.6 Å². The van der Waals surface area contributed by atoms with Crippen LogP contribution in [0.1, 0.15) is 41.4 Å². The first-order valence-electron chi connectivity index (χ1n) is 10.0. The zero-order valence-electron chi connectivity index (χ0n) is 17.4. The maximum Gasteiger partial charge on any atom is 0.390 e. The van der Waals surface area contributed by atoms with Crippen LogP contribution in [0.4, 0.5) is 13.2 Å². The fraction of sp³-hybridized carbons (Fsp3) is 0.632. The van der Waals surface area contributed by atoms with Gasteiger partial charge in [0.15, 0.2) is 0 Å². The van der Waals surface area contributed by atoms with Gasteiger partial charge in [-0.2, -0.15) is 13.2 Å². The molecule has 1 fully saturated rings. The molecule has 0 radical (unpaired) electrons. The molecule has 3 rings (SSSR count). The average Bonchev–Trinajstić information content (AvgIpc) is 3.32. The van der Waals surface area contributed by atoms with Crippen molar-refractivity contribution in [2.45, 2.75) is 51.8 Å². The van der Waals surface area contributed by atoms with Crippen molar-refractivity contribution >= 4 is 38.5 Å². The summed E-state index contributed by atoms with van der Waals surface area (Å²) in [6.45, 7) is 1.98. The molecular formula is C19H24F3N3O4S3. The van der Waals surface area contributed by atoms with Crippen LogP contribution in [0.3, 0.4) is 0 Å². The minimum atomic E-state index is -4.51. The van der Waals surface area contributed by atoms with Crippen LogP contribution in [0, 0.1) is 12.8 Å². The maximum atomic E-state index is 12.5. The number of hydrogen-bond acceptors (Lipinski definition) is 8. The third-order valence-corrected chi connectivity index (χ3v) is 9.12.